The van der Waals surface area contributed by atoms with E-state index in [1.807, 2.05) is 0 Å². The molecule has 9 heteroatoms. The molecule has 3 heterocycles. The first kappa shape index (κ1) is 18.3. The van der Waals surface area contributed by atoms with Crippen molar-refractivity contribution < 1.29 is 27.1 Å². The molecule has 1 saturated carbocycles. The second kappa shape index (κ2) is 6.25. The van der Waals surface area contributed by atoms with Gasteiger partial charge in [0.2, 0.25) is 5.92 Å². The zero-order valence-electron chi connectivity index (χ0n) is 14.3. The number of aliphatic hydroxyl groups is 1. The largest absolute Gasteiger partial charge is 0.433 e. The molecule has 0 radical (unpaired) electrons. The number of nitrogens with zero attached hydrogens (tertiary/aromatic N) is 3. The van der Waals surface area contributed by atoms with Crippen molar-refractivity contribution in [2.45, 2.75) is 43.8 Å². The molecule has 1 N–H and O–H groups in total. The number of hydrogen-bond acceptors (Lipinski definition) is 3. The molecule has 2 aromatic rings. The average Bonchev–Trinajstić information content (AvgIpc) is 3.17. The normalized spacial score (nSPS) is 23.1. The lowest BCUT2D eigenvalue weighted by atomic mass is 9.75. The molecule has 0 aromatic carbocycles. The molecule has 2 atom stereocenters. The summed E-state index contributed by atoms with van der Waals surface area (Å²) in [6.45, 7) is -0.324. The van der Waals surface area contributed by atoms with Crippen LogP contribution in [0.2, 0.25) is 0 Å². The molecule has 1 aliphatic carbocycles. The van der Waals surface area contributed by atoms with E-state index in [1.54, 1.807) is 4.57 Å². The summed E-state index contributed by atoms with van der Waals surface area (Å²) in [5, 5.41) is 10.0. The van der Waals surface area contributed by atoms with Gasteiger partial charge in [0.15, 0.2) is 0 Å². The van der Waals surface area contributed by atoms with Crippen molar-refractivity contribution in [1.82, 2.24) is 14.5 Å². The van der Waals surface area contributed by atoms with E-state index < -0.39 is 29.8 Å². The predicted octanol–water partition coefficient (Wildman–Crippen LogP) is 4.30. The number of rotatable bonds is 3. The smallest absolute Gasteiger partial charge is 0.396 e. The molecule has 0 bridgehead atoms. The summed E-state index contributed by atoms with van der Waals surface area (Å²) < 4.78 is 68.2. The van der Waals surface area contributed by atoms with Gasteiger partial charge in [0.05, 0.1) is 30.0 Å². The van der Waals surface area contributed by atoms with Crippen molar-refractivity contribution in [1.29, 1.82) is 0 Å². The SMILES string of the molecule is OCC(C1CCC(F)(F)CC1)C1c2nc(C(F)(F)F)ccc2-c2cncn21. The molecule has 0 saturated heterocycles. The van der Waals surface area contributed by atoms with E-state index in [0.717, 1.165) is 6.07 Å². The van der Waals surface area contributed by atoms with Crippen LogP contribution in [0.4, 0.5) is 22.0 Å². The Kier molecular flexibility index (Phi) is 4.25. The molecule has 4 nitrogen and oxygen atoms in total. The molecule has 0 amide bonds. The van der Waals surface area contributed by atoms with Crippen LogP contribution in [-0.4, -0.2) is 32.2 Å². The Morgan fingerprint density at radius 1 is 1.22 bits per heavy atom. The lowest BCUT2D eigenvalue weighted by Gasteiger charge is -2.36. The van der Waals surface area contributed by atoms with Crippen LogP contribution in [0.25, 0.3) is 11.3 Å². The van der Waals surface area contributed by atoms with Gasteiger partial charge in [-0.1, -0.05) is 0 Å². The molecule has 2 aliphatic rings. The minimum atomic E-state index is -4.59. The van der Waals surface area contributed by atoms with Gasteiger partial charge in [-0.3, -0.25) is 0 Å². The Hall–Kier alpha value is -2.03. The van der Waals surface area contributed by atoms with E-state index >= 15 is 0 Å². The van der Waals surface area contributed by atoms with E-state index in [1.165, 1.54) is 18.6 Å². The summed E-state index contributed by atoms with van der Waals surface area (Å²) in [4.78, 5) is 7.91. The summed E-state index contributed by atoms with van der Waals surface area (Å²) in [6.07, 6.45) is -1.68. The molecule has 1 fully saturated rings. The van der Waals surface area contributed by atoms with Crippen LogP contribution in [-0.2, 0) is 6.18 Å². The molecule has 1 aliphatic heterocycles. The third kappa shape index (κ3) is 3.11. The van der Waals surface area contributed by atoms with Crippen molar-refractivity contribution >= 4 is 0 Å². The van der Waals surface area contributed by atoms with Gasteiger partial charge in [-0.05, 0) is 30.9 Å². The summed E-state index contributed by atoms with van der Waals surface area (Å²) in [6, 6.07) is 1.64. The molecule has 2 aromatic heterocycles. The predicted molar refractivity (Wildman–Crippen MR) is 86.1 cm³/mol. The number of imidazole rings is 1. The van der Waals surface area contributed by atoms with Crippen LogP contribution >= 0.6 is 0 Å². The zero-order valence-corrected chi connectivity index (χ0v) is 14.3. The number of fused-ring (bicyclic) bond motifs is 3. The van der Waals surface area contributed by atoms with Crippen LogP contribution in [0, 0.1) is 11.8 Å². The Bertz CT molecular complexity index is 838. The van der Waals surface area contributed by atoms with Gasteiger partial charge in [0.25, 0.3) is 0 Å². The van der Waals surface area contributed by atoms with Crippen LogP contribution in [0.1, 0.15) is 43.1 Å². The van der Waals surface area contributed by atoms with Crippen molar-refractivity contribution in [2.75, 3.05) is 6.61 Å². The fourth-order valence-corrected chi connectivity index (χ4v) is 4.35. The van der Waals surface area contributed by atoms with Gasteiger partial charge in [-0.15, -0.1) is 0 Å². The van der Waals surface area contributed by atoms with E-state index in [4.69, 9.17) is 0 Å². The van der Waals surface area contributed by atoms with Crippen LogP contribution in [0.5, 0.6) is 0 Å². The van der Waals surface area contributed by atoms with Gasteiger partial charge >= 0.3 is 6.18 Å². The fourth-order valence-electron chi connectivity index (χ4n) is 4.35. The quantitative estimate of drug-likeness (QED) is 0.799. The Morgan fingerprint density at radius 2 is 1.93 bits per heavy atom. The van der Waals surface area contributed by atoms with Gasteiger partial charge < -0.3 is 9.67 Å². The van der Waals surface area contributed by atoms with Crippen molar-refractivity contribution in [3.63, 3.8) is 0 Å². The number of pyridine rings is 1. The van der Waals surface area contributed by atoms with Crippen LogP contribution in [0.15, 0.2) is 24.7 Å². The van der Waals surface area contributed by atoms with Gasteiger partial charge in [-0.25, -0.2) is 18.7 Å². The fraction of sp³-hybridized carbons (Fsp3) is 0.556. The highest BCUT2D eigenvalue weighted by atomic mass is 19.4. The zero-order chi connectivity index (χ0) is 19.4. The second-order valence-electron chi connectivity index (χ2n) is 7.30. The molecular formula is C18H18F5N3O. The maximum Gasteiger partial charge on any atom is 0.433 e. The summed E-state index contributed by atoms with van der Waals surface area (Å²) in [7, 11) is 0. The van der Waals surface area contributed by atoms with Crippen molar-refractivity contribution in [3.8, 4) is 11.3 Å². The van der Waals surface area contributed by atoms with E-state index in [9.17, 15) is 27.1 Å². The van der Waals surface area contributed by atoms with Gasteiger partial charge in [-0.2, -0.15) is 13.2 Å². The van der Waals surface area contributed by atoms with Gasteiger partial charge in [0, 0.05) is 30.9 Å². The number of hydrogen-bond donors (Lipinski definition) is 1. The highest BCUT2D eigenvalue weighted by Gasteiger charge is 2.44. The van der Waals surface area contributed by atoms with Crippen molar-refractivity contribution in [2.24, 2.45) is 11.8 Å². The summed E-state index contributed by atoms with van der Waals surface area (Å²) in [5.41, 5.74) is 0.372. The topological polar surface area (TPSA) is 50.9 Å². The monoisotopic (exact) mass is 387 g/mol. The Labute approximate surface area is 152 Å². The number of halogens is 5. The maximum absolute atomic E-state index is 13.5. The van der Waals surface area contributed by atoms with Crippen molar-refractivity contribution in [3.05, 3.63) is 36.0 Å². The second-order valence-corrected chi connectivity index (χ2v) is 7.30. The first-order valence-electron chi connectivity index (χ1n) is 8.80. The lowest BCUT2D eigenvalue weighted by Crippen LogP contribution is -2.34. The van der Waals surface area contributed by atoms with E-state index in [0.29, 0.717) is 11.3 Å². The minimum Gasteiger partial charge on any atom is -0.396 e. The third-order valence-electron chi connectivity index (χ3n) is 5.72. The van der Waals surface area contributed by atoms with Crippen LogP contribution in [0.3, 0.4) is 0 Å². The highest BCUT2D eigenvalue weighted by Crippen LogP contribution is 2.48. The first-order valence-corrected chi connectivity index (χ1v) is 8.80. The van der Waals surface area contributed by atoms with Crippen LogP contribution < -0.4 is 0 Å². The average molecular weight is 387 g/mol. The molecule has 0 spiro atoms. The molecule has 27 heavy (non-hydrogen) atoms. The number of aromatic nitrogens is 3. The third-order valence-corrected chi connectivity index (χ3v) is 5.72. The molecule has 2 unspecified atom stereocenters. The summed E-state index contributed by atoms with van der Waals surface area (Å²) in [5.74, 6) is -3.45. The maximum atomic E-state index is 13.5. The highest BCUT2D eigenvalue weighted by molar-refractivity contribution is 5.67. The van der Waals surface area contributed by atoms with E-state index in [-0.39, 0.29) is 43.9 Å². The minimum absolute atomic E-state index is 0.215. The lowest BCUT2D eigenvalue weighted by molar-refractivity contribution is -0.141. The summed E-state index contributed by atoms with van der Waals surface area (Å²) >= 11 is 0. The number of aliphatic hydroxyl groups excluding tert-OH is 1. The molecular weight excluding hydrogens is 369 g/mol. The molecule has 146 valence electrons. The number of alkyl halides is 5. The standard InChI is InChI=1S/C18H18F5N3O/c19-17(20)5-3-10(4-6-17)12(8-27)16-15-11(13-7-24-9-26(13)16)1-2-14(25-15)18(21,22)23/h1-2,7,9-10,12,16,27H,3-6,8H2. The first-order chi connectivity index (χ1) is 12.7. The molecule has 4 rings (SSSR count). The Morgan fingerprint density at radius 3 is 2.56 bits per heavy atom. The van der Waals surface area contributed by atoms with E-state index in [2.05, 4.69) is 9.97 Å². The van der Waals surface area contributed by atoms with Gasteiger partial charge in [0.1, 0.15) is 5.69 Å². The Balaban J connectivity index is 1.74.